The first-order chi connectivity index (χ1) is 11.1. The van der Waals surface area contributed by atoms with E-state index in [-0.39, 0.29) is 10.9 Å². The Hall–Kier alpha value is -2.32. The first kappa shape index (κ1) is 17.0. The Balaban J connectivity index is 1.80. The summed E-state index contributed by atoms with van der Waals surface area (Å²) in [6, 6.07) is 7.93. The van der Waals surface area contributed by atoms with Gasteiger partial charge in [0.15, 0.2) is 5.69 Å². The molecule has 23 heavy (non-hydrogen) atoms. The molecule has 0 bridgehead atoms. The molecule has 1 heterocycles. The summed E-state index contributed by atoms with van der Waals surface area (Å²) in [6.45, 7) is 2.16. The summed E-state index contributed by atoms with van der Waals surface area (Å²) in [5.41, 5.74) is 1.36. The van der Waals surface area contributed by atoms with Crippen LogP contribution in [-0.4, -0.2) is 52.8 Å². The van der Waals surface area contributed by atoms with Crippen LogP contribution in [0, 0.1) is 0 Å². The van der Waals surface area contributed by atoms with Gasteiger partial charge in [0.25, 0.3) is 0 Å². The van der Waals surface area contributed by atoms with Crippen LogP contribution in [0.15, 0.2) is 34.1 Å². The van der Waals surface area contributed by atoms with Crippen molar-refractivity contribution in [3.63, 3.8) is 0 Å². The maximum absolute atomic E-state index is 8.65. The highest BCUT2D eigenvalue weighted by Gasteiger charge is 2.14. The number of rotatable bonds is 8. The second-order valence-corrected chi connectivity index (χ2v) is 5.22. The Labute approximate surface area is 138 Å². The molecule has 2 rings (SSSR count). The summed E-state index contributed by atoms with van der Waals surface area (Å²) in [4.78, 5) is 2.14. The van der Waals surface area contributed by atoms with Crippen molar-refractivity contribution in [2.45, 2.75) is 6.54 Å². The number of hydrogen-bond donors (Lipinski definition) is 2. The quantitative estimate of drug-likeness (QED) is 0.431. The Kier molecular flexibility index (Phi) is 6.19. The van der Waals surface area contributed by atoms with E-state index in [9.17, 15) is 0 Å². The molecule has 0 amide bonds. The monoisotopic (exact) mass is 339 g/mol. The molecule has 0 aliphatic rings. The van der Waals surface area contributed by atoms with Crippen LogP contribution in [0.2, 0.25) is 0 Å². The lowest BCUT2D eigenvalue weighted by Gasteiger charge is -2.17. The lowest BCUT2D eigenvalue weighted by molar-refractivity contribution is 0.305. The molecule has 1 aromatic carbocycles. The molecule has 0 saturated heterocycles. The fourth-order valence-corrected chi connectivity index (χ4v) is 2.10. The molecule has 0 spiro atoms. The van der Waals surface area contributed by atoms with Crippen LogP contribution in [0.5, 0.6) is 5.75 Å². The van der Waals surface area contributed by atoms with E-state index in [0.717, 1.165) is 18.8 Å². The number of nitrogens with one attached hydrogen (secondary N) is 1. The minimum absolute atomic E-state index is 0.173. The lowest BCUT2D eigenvalue weighted by Crippen LogP contribution is -2.25. The average Bonchev–Trinajstić information content (AvgIpc) is 3.03. The molecular formula is C14H18ClN5O3. The van der Waals surface area contributed by atoms with Crippen molar-refractivity contribution in [3.05, 3.63) is 35.5 Å². The van der Waals surface area contributed by atoms with Crippen LogP contribution in [-0.2, 0) is 6.54 Å². The predicted octanol–water partition coefficient (Wildman–Crippen LogP) is 2.00. The van der Waals surface area contributed by atoms with Gasteiger partial charge in [-0.25, -0.2) is 4.63 Å². The van der Waals surface area contributed by atoms with Crippen LogP contribution in [0.1, 0.15) is 11.3 Å². The molecule has 1 aromatic heterocycles. The molecule has 0 atom stereocenters. The van der Waals surface area contributed by atoms with Gasteiger partial charge in [-0.1, -0.05) is 28.9 Å². The van der Waals surface area contributed by atoms with Gasteiger partial charge < -0.3 is 20.2 Å². The number of oxime groups is 1. The van der Waals surface area contributed by atoms with Crippen molar-refractivity contribution in [1.29, 1.82) is 0 Å². The SMILES string of the molecule is COc1ccc(CN(C)CCNc2nonc2C(Cl)=NO)cc1. The van der Waals surface area contributed by atoms with E-state index < -0.39 is 0 Å². The third kappa shape index (κ3) is 4.83. The molecule has 0 aliphatic heterocycles. The van der Waals surface area contributed by atoms with E-state index in [1.54, 1.807) is 7.11 Å². The molecule has 8 nitrogen and oxygen atoms in total. The molecule has 124 valence electrons. The van der Waals surface area contributed by atoms with Gasteiger partial charge in [0, 0.05) is 19.6 Å². The van der Waals surface area contributed by atoms with Gasteiger partial charge >= 0.3 is 0 Å². The topological polar surface area (TPSA) is 96.0 Å². The summed E-state index contributed by atoms with van der Waals surface area (Å²) >= 11 is 5.69. The van der Waals surface area contributed by atoms with E-state index in [2.05, 4.69) is 30.3 Å². The second kappa shape index (κ2) is 8.35. The van der Waals surface area contributed by atoms with E-state index in [4.69, 9.17) is 21.5 Å². The van der Waals surface area contributed by atoms with Crippen LogP contribution in [0.4, 0.5) is 5.82 Å². The van der Waals surface area contributed by atoms with Crippen LogP contribution >= 0.6 is 11.6 Å². The number of aromatic nitrogens is 2. The van der Waals surface area contributed by atoms with Crippen LogP contribution in [0.3, 0.4) is 0 Å². The van der Waals surface area contributed by atoms with Crippen molar-refractivity contribution in [2.24, 2.45) is 5.16 Å². The van der Waals surface area contributed by atoms with Gasteiger partial charge in [0.2, 0.25) is 11.0 Å². The smallest absolute Gasteiger partial charge is 0.201 e. The fraction of sp³-hybridized carbons (Fsp3) is 0.357. The zero-order valence-corrected chi connectivity index (χ0v) is 13.6. The summed E-state index contributed by atoms with van der Waals surface area (Å²) in [7, 11) is 3.66. The summed E-state index contributed by atoms with van der Waals surface area (Å²) in [5, 5.41) is 21.6. The van der Waals surface area contributed by atoms with Gasteiger partial charge in [0.1, 0.15) is 5.75 Å². The number of hydrogen-bond acceptors (Lipinski definition) is 8. The summed E-state index contributed by atoms with van der Waals surface area (Å²) < 4.78 is 9.72. The minimum Gasteiger partial charge on any atom is -0.497 e. The van der Waals surface area contributed by atoms with Crippen molar-refractivity contribution in [2.75, 3.05) is 32.6 Å². The van der Waals surface area contributed by atoms with E-state index in [1.165, 1.54) is 5.56 Å². The highest BCUT2D eigenvalue weighted by atomic mass is 35.5. The number of ether oxygens (including phenoxy) is 1. The minimum atomic E-state index is -0.180. The third-order valence-electron chi connectivity index (χ3n) is 3.17. The molecule has 0 unspecified atom stereocenters. The molecule has 2 aromatic rings. The lowest BCUT2D eigenvalue weighted by atomic mass is 10.2. The van der Waals surface area contributed by atoms with Crippen molar-refractivity contribution in [1.82, 2.24) is 15.2 Å². The van der Waals surface area contributed by atoms with Gasteiger partial charge in [-0.2, -0.15) is 0 Å². The van der Waals surface area contributed by atoms with Gasteiger partial charge in [0.05, 0.1) is 7.11 Å². The molecule has 0 saturated carbocycles. The molecule has 0 fully saturated rings. The number of nitrogens with zero attached hydrogens (tertiary/aromatic N) is 4. The molecule has 9 heteroatoms. The van der Waals surface area contributed by atoms with E-state index in [1.807, 2.05) is 31.3 Å². The number of benzene rings is 1. The van der Waals surface area contributed by atoms with Crippen molar-refractivity contribution in [3.8, 4) is 5.75 Å². The van der Waals surface area contributed by atoms with E-state index >= 15 is 0 Å². The van der Waals surface area contributed by atoms with Crippen molar-refractivity contribution < 1.29 is 14.6 Å². The summed E-state index contributed by atoms with van der Waals surface area (Å²) in [5.74, 6) is 1.18. The normalized spacial score (nSPS) is 11.7. The molecular weight excluding hydrogens is 322 g/mol. The summed E-state index contributed by atoms with van der Waals surface area (Å²) in [6.07, 6.45) is 0. The Morgan fingerprint density at radius 1 is 1.39 bits per heavy atom. The highest BCUT2D eigenvalue weighted by Crippen LogP contribution is 2.14. The molecule has 0 radical (unpaired) electrons. The van der Waals surface area contributed by atoms with Gasteiger partial charge in [-0.15, -0.1) is 0 Å². The zero-order valence-electron chi connectivity index (χ0n) is 12.9. The molecule has 2 N–H and O–H groups in total. The third-order valence-corrected chi connectivity index (χ3v) is 3.42. The fourth-order valence-electron chi connectivity index (χ4n) is 1.97. The molecule has 0 aliphatic carbocycles. The van der Waals surface area contributed by atoms with Crippen LogP contribution < -0.4 is 10.1 Å². The Morgan fingerprint density at radius 3 is 2.78 bits per heavy atom. The van der Waals surface area contributed by atoms with E-state index in [0.29, 0.717) is 12.4 Å². The highest BCUT2D eigenvalue weighted by molar-refractivity contribution is 6.69. The first-order valence-corrected chi connectivity index (χ1v) is 7.27. The standard InChI is InChI=1S/C14H18ClN5O3/c1-20(9-10-3-5-11(22-2)6-4-10)8-7-16-14-12(13(15)17-21)18-23-19-14/h3-6,21H,7-9H2,1-2H3,(H,16,19). The first-order valence-electron chi connectivity index (χ1n) is 6.90. The van der Waals surface area contributed by atoms with Crippen LogP contribution in [0.25, 0.3) is 0 Å². The van der Waals surface area contributed by atoms with Crippen molar-refractivity contribution >= 4 is 22.6 Å². The number of halogens is 1. The average molecular weight is 340 g/mol. The maximum Gasteiger partial charge on any atom is 0.201 e. The Bertz CT molecular complexity index is 644. The zero-order chi connectivity index (χ0) is 16.7. The number of likely N-dealkylation sites (N-methyl/N-ethyl adjacent to an activating group) is 1. The second-order valence-electron chi connectivity index (χ2n) is 4.86. The maximum atomic E-state index is 8.65. The predicted molar refractivity (Wildman–Crippen MR) is 86.3 cm³/mol. The Morgan fingerprint density at radius 2 is 2.13 bits per heavy atom. The largest absolute Gasteiger partial charge is 0.497 e. The van der Waals surface area contributed by atoms with Gasteiger partial charge in [-0.3, -0.25) is 0 Å². The number of anilines is 1. The van der Waals surface area contributed by atoms with Gasteiger partial charge in [-0.05, 0) is 35.1 Å². The number of methoxy groups -OCH3 is 1.